The van der Waals surface area contributed by atoms with E-state index < -0.39 is 85.8 Å². The van der Waals surface area contributed by atoms with Gasteiger partial charge in [0.2, 0.25) is 11.8 Å². The Kier molecular flexibility index (Phi) is 14.1. The Morgan fingerprint density at radius 3 is 2.03 bits per heavy atom. The van der Waals surface area contributed by atoms with Crippen LogP contribution >= 0.6 is 11.8 Å². The quantitative estimate of drug-likeness (QED) is 0.0953. The maximum Gasteiger partial charge on any atom is 0.305 e. The van der Waals surface area contributed by atoms with E-state index in [-0.39, 0.29) is 5.75 Å². The normalized spacial score (nSPS) is 16.8. The van der Waals surface area contributed by atoms with E-state index in [9.17, 15) is 44.7 Å². The molecule has 15 heteroatoms. The zero-order valence-electron chi connectivity index (χ0n) is 20.1. The van der Waals surface area contributed by atoms with Crippen LogP contribution in [0.3, 0.4) is 0 Å². The summed E-state index contributed by atoms with van der Waals surface area (Å²) in [5, 5.41) is 65.8. The molecule has 1 aromatic rings. The summed E-state index contributed by atoms with van der Waals surface area (Å²) < 4.78 is 0. The zero-order chi connectivity index (χ0) is 28.1. The highest BCUT2D eigenvalue weighted by Gasteiger charge is 2.37. The fraction of sp³-hybridized carbons (Fsp3) is 0.545. The molecule has 0 aliphatic heterocycles. The van der Waals surface area contributed by atoms with E-state index in [1.165, 1.54) is 11.8 Å². The number of aliphatic carboxylic acids is 1. The van der Waals surface area contributed by atoms with Gasteiger partial charge in [-0.05, 0) is 11.8 Å². The Morgan fingerprint density at radius 1 is 0.892 bits per heavy atom. The molecule has 11 N–H and O–H groups in total. The minimum absolute atomic E-state index is 0.243. The van der Waals surface area contributed by atoms with Crippen molar-refractivity contribution in [2.24, 2.45) is 5.73 Å². The van der Waals surface area contributed by atoms with Crippen molar-refractivity contribution in [1.82, 2.24) is 16.0 Å². The van der Waals surface area contributed by atoms with Crippen LogP contribution in [0.4, 0.5) is 0 Å². The lowest BCUT2D eigenvalue weighted by atomic mass is 9.99. The Hall–Kier alpha value is -2.79. The Morgan fingerprint density at radius 2 is 1.51 bits per heavy atom. The van der Waals surface area contributed by atoms with Gasteiger partial charge in [0.1, 0.15) is 18.2 Å². The van der Waals surface area contributed by atoms with Gasteiger partial charge in [-0.25, -0.2) is 0 Å². The summed E-state index contributed by atoms with van der Waals surface area (Å²) in [7, 11) is 0. The van der Waals surface area contributed by atoms with Crippen molar-refractivity contribution in [2.45, 2.75) is 48.9 Å². The van der Waals surface area contributed by atoms with E-state index >= 15 is 0 Å². The second-order valence-electron chi connectivity index (χ2n) is 8.10. The molecule has 1 rings (SSSR count). The molecule has 0 spiro atoms. The molecule has 1 aromatic carbocycles. The van der Waals surface area contributed by atoms with Crippen LogP contribution in [0.5, 0.6) is 0 Å². The number of hydrogen-bond donors (Lipinski definition) is 10. The van der Waals surface area contributed by atoms with Gasteiger partial charge >= 0.3 is 5.97 Å². The number of rotatable bonds is 16. The number of benzene rings is 1. The molecule has 3 amide bonds. The molecule has 14 nitrogen and oxygen atoms in total. The third-order valence-electron chi connectivity index (χ3n) is 5.27. The molecule has 208 valence electrons. The van der Waals surface area contributed by atoms with E-state index in [1.54, 1.807) is 36.6 Å². The summed E-state index contributed by atoms with van der Waals surface area (Å²) in [6.07, 6.45) is -5.41. The SMILES string of the molecule is CSC[C@H](N)C(=O)N[C@@H](CO)C(=O)N[C@@H](CO)[C@@H](O)[C@@H](O)[C@H](O)C(=O)N[C@@H](CC(=O)O)c1ccccc1. The molecule has 7 atom stereocenters. The summed E-state index contributed by atoms with van der Waals surface area (Å²) in [5.74, 6) is -3.99. The van der Waals surface area contributed by atoms with Gasteiger partial charge in [-0.3, -0.25) is 19.2 Å². The average molecular weight is 547 g/mol. The second kappa shape index (κ2) is 16.1. The number of thioether (sulfide) groups is 1. The fourth-order valence-electron chi connectivity index (χ4n) is 3.20. The number of carbonyl (C=O) groups excluding carboxylic acids is 3. The van der Waals surface area contributed by atoms with Crippen LogP contribution in [0.25, 0.3) is 0 Å². The first kappa shape index (κ1) is 32.2. The van der Waals surface area contributed by atoms with Crippen LogP contribution in [0.1, 0.15) is 18.0 Å². The molecule has 0 saturated carbocycles. The smallest absolute Gasteiger partial charge is 0.305 e. The number of aliphatic hydroxyl groups excluding tert-OH is 5. The minimum Gasteiger partial charge on any atom is -0.481 e. The number of carboxylic acid groups (broad SMARTS) is 1. The predicted molar refractivity (Wildman–Crippen MR) is 132 cm³/mol. The largest absolute Gasteiger partial charge is 0.481 e. The van der Waals surface area contributed by atoms with Gasteiger partial charge in [0.15, 0.2) is 6.10 Å². The first-order chi connectivity index (χ1) is 17.5. The van der Waals surface area contributed by atoms with Gasteiger partial charge < -0.3 is 52.3 Å². The van der Waals surface area contributed by atoms with Crippen LogP contribution in [0.15, 0.2) is 30.3 Å². The van der Waals surface area contributed by atoms with Crippen LogP contribution in [0, 0.1) is 0 Å². The number of carboxylic acids is 1. The van der Waals surface area contributed by atoms with E-state index in [0.29, 0.717) is 5.56 Å². The van der Waals surface area contributed by atoms with Gasteiger partial charge in [0, 0.05) is 5.75 Å². The third kappa shape index (κ3) is 10.2. The van der Waals surface area contributed by atoms with E-state index in [1.807, 2.05) is 0 Å². The average Bonchev–Trinajstić information content (AvgIpc) is 2.88. The lowest BCUT2D eigenvalue weighted by molar-refractivity contribution is -0.145. The molecule has 0 radical (unpaired) electrons. The van der Waals surface area contributed by atoms with Crippen LogP contribution in [-0.4, -0.2) is 116 Å². The van der Waals surface area contributed by atoms with Crippen molar-refractivity contribution in [1.29, 1.82) is 0 Å². The second-order valence-corrected chi connectivity index (χ2v) is 9.01. The minimum atomic E-state index is -2.28. The molecule has 0 aliphatic rings. The molecule has 0 bridgehead atoms. The van der Waals surface area contributed by atoms with Crippen LogP contribution in [0.2, 0.25) is 0 Å². The number of amides is 3. The molecule has 0 aliphatic carbocycles. The number of carbonyl (C=O) groups is 4. The van der Waals surface area contributed by atoms with E-state index in [0.717, 1.165) is 0 Å². The lowest BCUT2D eigenvalue weighted by Gasteiger charge is -2.30. The lowest BCUT2D eigenvalue weighted by Crippen LogP contribution is -2.60. The topological polar surface area (TPSA) is 252 Å². The van der Waals surface area contributed by atoms with Gasteiger partial charge in [0.25, 0.3) is 5.91 Å². The standard InChI is InChI=1S/C22H34N4O10S/c1-37-10-12(23)20(34)26-15(9-28)21(35)25-14(8-27)17(31)18(32)19(33)22(36)24-13(7-16(29)30)11-5-3-2-4-6-11/h2-6,12-15,17-19,27-28,31-33H,7-10,23H2,1H3,(H,24,36)(H,25,35)(H,26,34)(H,29,30)/t12-,13-,14-,15-,17+,18+,19-/m0/s1. The van der Waals surface area contributed by atoms with Crippen LogP contribution < -0.4 is 21.7 Å². The molecule has 37 heavy (non-hydrogen) atoms. The number of nitrogens with two attached hydrogens (primary N) is 1. The number of aliphatic hydroxyl groups is 5. The van der Waals surface area contributed by atoms with Crippen molar-refractivity contribution >= 4 is 35.5 Å². The van der Waals surface area contributed by atoms with Gasteiger partial charge in [0.05, 0.1) is 37.8 Å². The highest BCUT2D eigenvalue weighted by Crippen LogP contribution is 2.17. The predicted octanol–water partition coefficient (Wildman–Crippen LogP) is -3.95. The van der Waals surface area contributed by atoms with Crippen molar-refractivity contribution in [3.8, 4) is 0 Å². The Bertz CT molecular complexity index is 893. The number of hydrogen-bond acceptors (Lipinski definition) is 11. The molecule has 0 saturated heterocycles. The first-order valence-electron chi connectivity index (χ1n) is 11.1. The van der Waals surface area contributed by atoms with Gasteiger partial charge in [-0.1, -0.05) is 30.3 Å². The summed E-state index contributed by atoms with van der Waals surface area (Å²) in [4.78, 5) is 48.2. The van der Waals surface area contributed by atoms with Crippen molar-refractivity contribution in [2.75, 3.05) is 25.2 Å². The fourth-order valence-corrected chi connectivity index (χ4v) is 3.71. The molecule has 0 aromatic heterocycles. The van der Waals surface area contributed by atoms with Gasteiger partial charge in [-0.2, -0.15) is 11.8 Å². The molecule has 0 heterocycles. The van der Waals surface area contributed by atoms with Crippen molar-refractivity contribution in [3.05, 3.63) is 35.9 Å². The summed E-state index contributed by atoms with van der Waals surface area (Å²) in [5.41, 5.74) is 6.06. The highest BCUT2D eigenvalue weighted by molar-refractivity contribution is 7.98. The van der Waals surface area contributed by atoms with Crippen molar-refractivity contribution < 1.29 is 49.8 Å². The first-order valence-corrected chi connectivity index (χ1v) is 12.5. The summed E-state index contributed by atoms with van der Waals surface area (Å²) >= 11 is 1.28. The zero-order valence-corrected chi connectivity index (χ0v) is 20.9. The molecular formula is C22H34N4O10S. The highest BCUT2D eigenvalue weighted by atomic mass is 32.2. The maximum absolute atomic E-state index is 12.5. The maximum atomic E-state index is 12.5. The molecule has 0 unspecified atom stereocenters. The van der Waals surface area contributed by atoms with E-state index in [2.05, 4.69) is 16.0 Å². The Balaban J connectivity index is 2.86. The van der Waals surface area contributed by atoms with E-state index in [4.69, 9.17) is 10.8 Å². The summed E-state index contributed by atoms with van der Waals surface area (Å²) in [6, 6.07) is 2.83. The summed E-state index contributed by atoms with van der Waals surface area (Å²) in [6.45, 7) is -1.81. The van der Waals surface area contributed by atoms with Crippen LogP contribution in [-0.2, 0) is 19.2 Å². The molecule has 0 fully saturated rings. The number of nitrogens with one attached hydrogen (secondary N) is 3. The van der Waals surface area contributed by atoms with Crippen molar-refractivity contribution in [3.63, 3.8) is 0 Å². The molecular weight excluding hydrogens is 512 g/mol. The van der Waals surface area contributed by atoms with Gasteiger partial charge in [-0.15, -0.1) is 0 Å². The third-order valence-corrected chi connectivity index (χ3v) is 5.97. The Labute approximate surface area is 217 Å². The monoisotopic (exact) mass is 546 g/mol.